The summed E-state index contributed by atoms with van der Waals surface area (Å²) in [5.74, 6) is 0. The van der Waals surface area contributed by atoms with Gasteiger partial charge in [-0.05, 0) is 42.8 Å². The van der Waals surface area contributed by atoms with Gasteiger partial charge in [0.25, 0.3) is 0 Å². The van der Waals surface area contributed by atoms with Crippen LogP contribution < -0.4 is 0 Å². The largest absolute Gasteiger partial charge is 0.435 e. The maximum absolute atomic E-state index is 6.39. The highest BCUT2D eigenvalue weighted by Gasteiger charge is 2.43. The van der Waals surface area contributed by atoms with E-state index in [1.165, 1.54) is 0 Å². The van der Waals surface area contributed by atoms with Gasteiger partial charge in [0, 0.05) is 0 Å². The molecule has 0 heterocycles. The highest BCUT2D eigenvalue weighted by Crippen LogP contribution is 2.39. The van der Waals surface area contributed by atoms with Crippen molar-refractivity contribution in [1.82, 2.24) is 0 Å². The lowest BCUT2D eigenvalue weighted by atomic mass is 10.2. The van der Waals surface area contributed by atoms with Gasteiger partial charge < -0.3 is 8.23 Å². The van der Waals surface area contributed by atoms with Crippen molar-refractivity contribution in [3.63, 3.8) is 0 Å². The highest BCUT2D eigenvalue weighted by atomic mass is 28.4. The molecule has 0 unspecified atom stereocenters. The molecule has 0 aliphatic carbocycles. The first-order valence-corrected chi connectivity index (χ1v) is 14.4. The fourth-order valence-electron chi connectivity index (χ4n) is 1.05. The van der Waals surface area contributed by atoms with Gasteiger partial charge in [0.1, 0.15) is 0 Å². The molecule has 0 fully saturated rings. The van der Waals surface area contributed by atoms with Gasteiger partial charge in [-0.2, -0.15) is 0 Å². The van der Waals surface area contributed by atoms with Gasteiger partial charge in [-0.15, -0.1) is 0 Å². The Bertz CT molecular complexity index is 247. The first-order chi connectivity index (χ1) is 7.60. The zero-order chi connectivity index (χ0) is 15.0. The molecule has 0 spiro atoms. The van der Waals surface area contributed by atoms with E-state index >= 15 is 0 Å². The van der Waals surface area contributed by atoms with E-state index in [0.29, 0.717) is 0 Å². The van der Waals surface area contributed by atoms with Gasteiger partial charge in [-0.25, -0.2) is 0 Å². The predicted octanol–water partition coefficient (Wildman–Crippen LogP) is 5.15. The lowest BCUT2D eigenvalue weighted by Gasteiger charge is -2.42. The molecule has 0 aromatic rings. The summed E-state index contributed by atoms with van der Waals surface area (Å²) in [5, 5.41) is 0.519. The van der Waals surface area contributed by atoms with Crippen molar-refractivity contribution in [1.29, 1.82) is 0 Å². The molecule has 2 nitrogen and oxygen atoms in total. The average molecular weight is 306 g/mol. The summed E-state index contributed by atoms with van der Waals surface area (Å²) in [6.07, 6.45) is 0. The summed E-state index contributed by atoms with van der Waals surface area (Å²) in [7, 11) is -4.51. The second-order valence-corrected chi connectivity index (χ2v) is 19.9. The van der Waals surface area contributed by atoms with Crippen molar-refractivity contribution in [2.45, 2.75) is 84.4 Å². The summed E-state index contributed by atoms with van der Waals surface area (Å²) in [6.45, 7) is 25.0. The molecule has 5 heteroatoms. The number of hydrogen-bond acceptors (Lipinski definition) is 2. The van der Waals surface area contributed by atoms with Crippen LogP contribution in [0.1, 0.15) is 41.5 Å². The van der Waals surface area contributed by atoms with Crippen molar-refractivity contribution in [2.24, 2.45) is 0 Å². The Labute approximate surface area is 119 Å². The third-order valence-corrected chi connectivity index (χ3v) is 18.0. The van der Waals surface area contributed by atoms with Crippen molar-refractivity contribution in [2.75, 3.05) is 0 Å². The second-order valence-electron chi connectivity index (χ2n) is 8.22. The summed E-state index contributed by atoms with van der Waals surface area (Å²) in [5.41, 5.74) is 0. The lowest BCUT2D eigenvalue weighted by Crippen LogP contribution is -2.51. The van der Waals surface area contributed by atoms with E-state index in [-0.39, 0.29) is 10.1 Å². The molecule has 18 heavy (non-hydrogen) atoms. The van der Waals surface area contributed by atoms with Crippen molar-refractivity contribution in [3.8, 4) is 0 Å². The van der Waals surface area contributed by atoms with E-state index in [9.17, 15) is 0 Å². The maximum Gasteiger partial charge on any atom is 0.359 e. The Balaban J connectivity index is 4.69. The fourth-order valence-corrected chi connectivity index (χ4v) is 9.79. The van der Waals surface area contributed by atoms with Crippen molar-refractivity contribution in [3.05, 3.63) is 0 Å². The van der Waals surface area contributed by atoms with Gasteiger partial charge in [-0.3, -0.25) is 0 Å². The van der Waals surface area contributed by atoms with E-state index in [4.69, 9.17) is 8.23 Å². The molecular formula is C13H33O2Si3. The first kappa shape index (κ1) is 18.6. The predicted molar refractivity (Wildman–Crippen MR) is 88.2 cm³/mol. The molecular weight excluding hydrogens is 272 g/mol. The zero-order valence-electron chi connectivity index (χ0n) is 14.3. The normalized spacial score (nSPS) is 15.3. The Morgan fingerprint density at radius 1 is 0.667 bits per heavy atom. The molecule has 0 N–H and O–H groups in total. The summed E-state index contributed by atoms with van der Waals surface area (Å²) >= 11 is 0. The number of hydrogen-bond donors (Lipinski definition) is 0. The minimum Gasteiger partial charge on any atom is -0.435 e. The fraction of sp³-hybridized carbons (Fsp3) is 1.00. The van der Waals surface area contributed by atoms with Crippen LogP contribution in [0.25, 0.3) is 0 Å². The van der Waals surface area contributed by atoms with Gasteiger partial charge in [0.2, 0.25) is 0 Å². The average Bonchev–Trinajstić information content (AvgIpc) is 1.95. The monoisotopic (exact) mass is 305 g/mol. The Kier molecular flexibility index (Phi) is 5.69. The SMILES string of the molecule is C[Si](O[Si](C)(C)C(C)(C)C)O[Si](C)(C)C(C)(C)C. The van der Waals surface area contributed by atoms with Crippen LogP contribution in [0, 0.1) is 0 Å². The summed E-state index contributed by atoms with van der Waals surface area (Å²) < 4.78 is 12.8. The molecule has 0 aromatic carbocycles. The van der Waals surface area contributed by atoms with Crippen LogP contribution in [0.3, 0.4) is 0 Å². The van der Waals surface area contributed by atoms with Crippen LogP contribution in [0.5, 0.6) is 0 Å². The van der Waals surface area contributed by atoms with Crippen LogP contribution in [0.2, 0.25) is 42.8 Å². The zero-order valence-corrected chi connectivity index (χ0v) is 17.3. The Hall–Kier alpha value is 0.571. The minimum absolute atomic E-state index is 0.260. The van der Waals surface area contributed by atoms with E-state index in [1.807, 2.05) is 0 Å². The van der Waals surface area contributed by atoms with Gasteiger partial charge in [0.15, 0.2) is 16.6 Å². The van der Waals surface area contributed by atoms with E-state index in [2.05, 4.69) is 74.3 Å². The molecule has 0 aliphatic heterocycles. The minimum atomic E-state index is -1.68. The van der Waals surface area contributed by atoms with Gasteiger partial charge >= 0.3 is 9.28 Å². The van der Waals surface area contributed by atoms with Crippen LogP contribution in [-0.2, 0) is 8.23 Å². The molecule has 0 atom stereocenters. The second kappa shape index (κ2) is 5.52. The molecule has 0 rings (SSSR count). The molecule has 0 aliphatic rings. The highest BCUT2D eigenvalue weighted by molar-refractivity contribution is 6.83. The van der Waals surface area contributed by atoms with Crippen molar-refractivity contribution < 1.29 is 8.23 Å². The van der Waals surface area contributed by atoms with Crippen LogP contribution in [0.15, 0.2) is 0 Å². The summed E-state index contributed by atoms with van der Waals surface area (Å²) in [6, 6.07) is 0. The molecule has 0 amide bonds. The smallest absolute Gasteiger partial charge is 0.359 e. The molecule has 0 aromatic heterocycles. The molecule has 0 saturated carbocycles. The van der Waals surface area contributed by atoms with Gasteiger partial charge in [-0.1, -0.05) is 41.5 Å². The molecule has 1 radical (unpaired) electrons. The number of rotatable bonds is 4. The Morgan fingerprint density at radius 2 is 0.889 bits per heavy atom. The third-order valence-electron chi connectivity index (χ3n) is 4.41. The standard InChI is InChI=1S/C13H33O2Si3/c1-12(2,3)17(8,9)14-16(7)15-18(10,11)13(4,5)6/h1-11H3. The maximum atomic E-state index is 6.39. The molecule has 109 valence electrons. The van der Waals surface area contributed by atoms with Crippen LogP contribution in [0.4, 0.5) is 0 Å². The van der Waals surface area contributed by atoms with E-state index < -0.39 is 25.9 Å². The van der Waals surface area contributed by atoms with Crippen LogP contribution >= 0.6 is 0 Å². The summed E-state index contributed by atoms with van der Waals surface area (Å²) in [4.78, 5) is 0. The van der Waals surface area contributed by atoms with E-state index in [1.54, 1.807) is 0 Å². The lowest BCUT2D eigenvalue weighted by molar-refractivity contribution is 0.386. The van der Waals surface area contributed by atoms with E-state index in [0.717, 1.165) is 0 Å². The Morgan fingerprint density at radius 3 is 1.06 bits per heavy atom. The quantitative estimate of drug-likeness (QED) is 0.669. The van der Waals surface area contributed by atoms with Gasteiger partial charge in [0.05, 0.1) is 0 Å². The topological polar surface area (TPSA) is 18.5 Å². The van der Waals surface area contributed by atoms with Crippen LogP contribution in [-0.4, -0.2) is 25.9 Å². The first-order valence-electron chi connectivity index (χ1n) is 6.82. The molecule has 0 bridgehead atoms. The van der Waals surface area contributed by atoms with Crippen molar-refractivity contribution >= 4 is 25.9 Å². The third kappa shape index (κ3) is 4.92. The molecule has 0 saturated heterocycles.